The molecule has 0 unspecified atom stereocenters. The Hall–Kier alpha value is -1.35. The molecule has 0 amide bonds. The van der Waals surface area contributed by atoms with Crippen LogP contribution in [-0.2, 0) is 4.74 Å². The molecule has 0 aromatic heterocycles. The average molecular weight is 235 g/mol. The van der Waals surface area contributed by atoms with Crippen molar-refractivity contribution in [2.75, 3.05) is 27.2 Å². The van der Waals surface area contributed by atoms with Gasteiger partial charge in [0.1, 0.15) is 0 Å². The number of carbonyl (C=O) groups is 1. The Bertz CT molecular complexity index is 386. The van der Waals surface area contributed by atoms with Crippen LogP contribution in [0.4, 0.5) is 0 Å². The number of hydrogen-bond donors (Lipinski definition) is 0. The third kappa shape index (κ3) is 4.57. The Morgan fingerprint density at radius 3 is 2.53 bits per heavy atom. The first kappa shape index (κ1) is 13.7. The van der Waals surface area contributed by atoms with Crippen molar-refractivity contribution in [3.05, 3.63) is 34.9 Å². The SMILES string of the molecule is Cc1ccc(C(=O)OCCCN(C)C)cc1C. The highest BCUT2D eigenvalue weighted by Crippen LogP contribution is 2.10. The summed E-state index contributed by atoms with van der Waals surface area (Å²) >= 11 is 0. The first-order valence-electron chi connectivity index (χ1n) is 5.90. The first-order valence-corrected chi connectivity index (χ1v) is 5.90. The van der Waals surface area contributed by atoms with Crippen molar-refractivity contribution in [1.82, 2.24) is 4.90 Å². The molecule has 0 aliphatic rings. The van der Waals surface area contributed by atoms with Crippen LogP contribution in [0.3, 0.4) is 0 Å². The van der Waals surface area contributed by atoms with Gasteiger partial charge in [0, 0.05) is 6.54 Å². The third-order valence-electron chi connectivity index (χ3n) is 2.73. The molecule has 0 bridgehead atoms. The van der Waals surface area contributed by atoms with Gasteiger partial charge in [-0.3, -0.25) is 0 Å². The van der Waals surface area contributed by atoms with Crippen LogP contribution in [-0.4, -0.2) is 38.1 Å². The van der Waals surface area contributed by atoms with E-state index in [1.54, 1.807) is 0 Å². The highest BCUT2D eigenvalue weighted by molar-refractivity contribution is 5.89. The molecular formula is C14H21NO2. The van der Waals surface area contributed by atoms with Crippen LogP contribution in [0.5, 0.6) is 0 Å². The van der Waals surface area contributed by atoms with Crippen molar-refractivity contribution in [1.29, 1.82) is 0 Å². The maximum absolute atomic E-state index is 11.7. The number of esters is 1. The van der Waals surface area contributed by atoms with Crippen molar-refractivity contribution >= 4 is 5.97 Å². The van der Waals surface area contributed by atoms with Crippen LogP contribution < -0.4 is 0 Å². The molecule has 1 aromatic rings. The lowest BCUT2D eigenvalue weighted by molar-refractivity contribution is 0.0493. The summed E-state index contributed by atoms with van der Waals surface area (Å²) in [4.78, 5) is 13.8. The number of benzene rings is 1. The molecule has 0 fully saturated rings. The Kier molecular flexibility index (Phi) is 5.16. The van der Waals surface area contributed by atoms with Gasteiger partial charge in [-0.25, -0.2) is 4.79 Å². The van der Waals surface area contributed by atoms with E-state index in [1.807, 2.05) is 46.1 Å². The summed E-state index contributed by atoms with van der Waals surface area (Å²) in [5.74, 6) is -0.230. The molecule has 1 rings (SSSR count). The lowest BCUT2D eigenvalue weighted by Gasteiger charge is -2.10. The maximum Gasteiger partial charge on any atom is 0.338 e. The molecule has 0 saturated heterocycles. The summed E-state index contributed by atoms with van der Waals surface area (Å²) in [6.07, 6.45) is 0.865. The van der Waals surface area contributed by atoms with Gasteiger partial charge in [-0.1, -0.05) is 6.07 Å². The normalized spacial score (nSPS) is 10.6. The van der Waals surface area contributed by atoms with E-state index in [4.69, 9.17) is 4.74 Å². The average Bonchev–Trinajstić information content (AvgIpc) is 2.27. The standard InChI is InChI=1S/C14H21NO2/c1-11-6-7-13(10-12(11)2)14(16)17-9-5-8-15(3)4/h6-7,10H,5,8-9H2,1-4H3. The Balaban J connectivity index is 2.44. The van der Waals surface area contributed by atoms with Crippen molar-refractivity contribution in [2.24, 2.45) is 0 Å². The quantitative estimate of drug-likeness (QED) is 0.580. The van der Waals surface area contributed by atoms with Gasteiger partial charge in [-0.15, -0.1) is 0 Å². The van der Waals surface area contributed by atoms with Crippen molar-refractivity contribution in [3.63, 3.8) is 0 Å². The summed E-state index contributed by atoms with van der Waals surface area (Å²) in [5, 5.41) is 0. The van der Waals surface area contributed by atoms with Crippen molar-refractivity contribution < 1.29 is 9.53 Å². The largest absolute Gasteiger partial charge is 0.462 e. The second kappa shape index (κ2) is 6.40. The number of hydrogen-bond acceptors (Lipinski definition) is 3. The fraction of sp³-hybridized carbons (Fsp3) is 0.500. The van der Waals surface area contributed by atoms with Gasteiger partial charge >= 0.3 is 5.97 Å². The molecule has 3 nitrogen and oxygen atoms in total. The molecule has 0 spiro atoms. The molecule has 3 heteroatoms. The summed E-state index contributed by atoms with van der Waals surface area (Å²) in [5.41, 5.74) is 2.94. The summed E-state index contributed by atoms with van der Waals surface area (Å²) in [6.45, 7) is 5.43. The summed E-state index contributed by atoms with van der Waals surface area (Å²) < 4.78 is 5.21. The van der Waals surface area contributed by atoms with Crippen LogP contribution in [0, 0.1) is 13.8 Å². The molecule has 0 aliphatic heterocycles. The highest BCUT2D eigenvalue weighted by atomic mass is 16.5. The zero-order valence-corrected chi connectivity index (χ0v) is 11.1. The minimum absolute atomic E-state index is 0.230. The van der Waals surface area contributed by atoms with Crippen LogP contribution >= 0.6 is 0 Å². The Morgan fingerprint density at radius 2 is 1.94 bits per heavy atom. The lowest BCUT2D eigenvalue weighted by Crippen LogP contribution is -2.16. The number of carbonyl (C=O) groups excluding carboxylic acids is 1. The second-order valence-corrected chi connectivity index (χ2v) is 4.59. The Morgan fingerprint density at radius 1 is 1.24 bits per heavy atom. The third-order valence-corrected chi connectivity index (χ3v) is 2.73. The minimum Gasteiger partial charge on any atom is -0.462 e. The van der Waals surface area contributed by atoms with Crippen LogP contribution in [0.15, 0.2) is 18.2 Å². The molecule has 0 radical (unpaired) electrons. The predicted octanol–water partition coefficient (Wildman–Crippen LogP) is 2.41. The van der Waals surface area contributed by atoms with E-state index in [0.29, 0.717) is 12.2 Å². The second-order valence-electron chi connectivity index (χ2n) is 4.59. The van der Waals surface area contributed by atoms with Crippen LogP contribution in [0.1, 0.15) is 27.9 Å². The molecule has 0 atom stereocenters. The van der Waals surface area contributed by atoms with Gasteiger partial charge in [0.15, 0.2) is 0 Å². The van der Waals surface area contributed by atoms with E-state index in [-0.39, 0.29) is 5.97 Å². The van der Waals surface area contributed by atoms with E-state index in [1.165, 1.54) is 5.56 Å². The fourth-order valence-electron chi connectivity index (χ4n) is 1.50. The van der Waals surface area contributed by atoms with E-state index in [0.717, 1.165) is 18.5 Å². The monoisotopic (exact) mass is 235 g/mol. The van der Waals surface area contributed by atoms with Crippen LogP contribution in [0.2, 0.25) is 0 Å². The molecule has 0 aliphatic carbocycles. The van der Waals surface area contributed by atoms with Crippen molar-refractivity contribution in [3.8, 4) is 0 Å². The predicted molar refractivity (Wildman–Crippen MR) is 69.4 cm³/mol. The molecular weight excluding hydrogens is 214 g/mol. The van der Waals surface area contributed by atoms with E-state index in [2.05, 4.69) is 4.90 Å². The molecule has 1 aromatic carbocycles. The minimum atomic E-state index is -0.230. The molecule has 94 valence electrons. The zero-order chi connectivity index (χ0) is 12.8. The first-order chi connectivity index (χ1) is 8.00. The van der Waals surface area contributed by atoms with Gasteiger partial charge < -0.3 is 9.64 Å². The number of aryl methyl sites for hydroxylation is 2. The van der Waals surface area contributed by atoms with Gasteiger partial charge in [0.05, 0.1) is 12.2 Å². The molecule has 0 heterocycles. The van der Waals surface area contributed by atoms with Gasteiger partial charge in [-0.05, 0) is 57.6 Å². The smallest absolute Gasteiger partial charge is 0.338 e. The zero-order valence-electron chi connectivity index (χ0n) is 11.1. The molecule has 0 N–H and O–H groups in total. The van der Waals surface area contributed by atoms with Gasteiger partial charge in [0.2, 0.25) is 0 Å². The summed E-state index contributed by atoms with van der Waals surface area (Å²) in [7, 11) is 4.01. The lowest BCUT2D eigenvalue weighted by atomic mass is 10.1. The van der Waals surface area contributed by atoms with Gasteiger partial charge in [0.25, 0.3) is 0 Å². The van der Waals surface area contributed by atoms with E-state index < -0.39 is 0 Å². The van der Waals surface area contributed by atoms with Crippen LogP contribution in [0.25, 0.3) is 0 Å². The number of nitrogens with zero attached hydrogens (tertiary/aromatic N) is 1. The summed E-state index contributed by atoms with van der Waals surface area (Å²) in [6, 6.07) is 5.64. The Labute approximate surface area is 103 Å². The fourth-order valence-corrected chi connectivity index (χ4v) is 1.50. The van der Waals surface area contributed by atoms with Gasteiger partial charge in [-0.2, -0.15) is 0 Å². The highest BCUT2D eigenvalue weighted by Gasteiger charge is 2.07. The molecule has 17 heavy (non-hydrogen) atoms. The number of ether oxygens (including phenoxy) is 1. The maximum atomic E-state index is 11.7. The van der Waals surface area contributed by atoms with Crippen molar-refractivity contribution in [2.45, 2.75) is 20.3 Å². The topological polar surface area (TPSA) is 29.5 Å². The van der Waals surface area contributed by atoms with E-state index >= 15 is 0 Å². The van der Waals surface area contributed by atoms with E-state index in [9.17, 15) is 4.79 Å². The number of rotatable bonds is 5. The molecule has 0 saturated carbocycles.